The van der Waals surface area contributed by atoms with Crippen LogP contribution >= 0.6 is 0 Å². The molecule has 6 heterocycles. The molecule has 5 amide bonds. The van der Waals surface area contributed by atoms with E-state index in [9.17, 15) is 37.5 Å². The van der Waals surface area contributed by atoms with Gasteiger partial charge in [0.05, 0.1) is 35.0 Å². The van der Waals surface area contributed by atoms with Gasteiger partial charge in [0.15, 0.2) is 15.7 Å². The monoisotopic (exact) mass is 1090 g/mol. The Morgan fingerprint density at radius 3 is 2.37 bits per heavy atom. The van der Waals surface area contributed by atoms with Crippen LogP contribution in [0.1, 0.15) is 105 Å². The SMILES string of the molecule is Cc1[nH]nc(Nc2ncnc3cc(OCCCN4CCN(c5ncc(C(=O)N6CC[C@H]7CC[C@@H](C(=O)N[C@@H]8CCCc9ccccc98)N7C(=O)[C@@H](NC(=O)C(C)N(C)C(=O)O)C6)cn5)CC4)c(S(=O)(=O)C(C)(C)C)cc23)c1C. The van der Waals surface area contributed by atoms with Crippen molar-refractivity contribution >= 4 is 68.0 Å². The molecule has 5 atom stereocenters. The van der Waals surface area contributed by atoms with Crippen molar-refractivity contribution in [3.8, 4) is 5.75 Å². The van der Waals surface area contributed by atoms with Gasteiger partial charge in [-0.15, -0.1) is 0 Å². The van der Waals surface area contributed by atoms with Crippen LogP contribution in [0, 0.1) is 13.8 Å². The third-order valence-electron chi connectivity index (χ3n) is 15.7. The lowest BCUT2D eigenvalue weighted by molar-refractivity contribution is -0.145. The molecule has 9 rings (SSSR count). The first kappa shape index (κ1) is 55.3. The minimum atomic E-state index is -3.87. The lowest BCUT2D eigenvalue weighted by atomic mass is 9.87. The number of benzene rings is 2. The average Bonchev–Trinajstić information content (AvgIpc) is 4.09. The van der Waals surface area contributed by atoms with E-state index in [4.69, 9.17) is 4.74 Å². The van der Waals surface area contributed by atoms with Gasteiger partial charge in [0, 0.05) is 87.5 Å². The average molecular weight is 1090 g/mol. The van der Waals surface area contributed by atoms with E-state index in [1.54, 1.807) is 37.8 Å². The summed E-state index contributed by atoms with van der Waals surface area (Å²) in [5.41, 5.74) is 4.76. The number of nitrogens with one attached hydrogen (secondary N) is 4. The molecule has 5 N–H and O–H groups in total. The van der Waals surface area contributed by atoms with Crippen LogP contribution in [0.5, 0.6) is 5.75 Å². The van der Waals surface area contributed by atoms with Crippen molar-refractivity contribution in [1.82, 2.24) is 60.4 Å². The van der Waals surface area contributed by atoms with Gasteiger partial charge in [0.25, 0.3) is 5.91 Å². The second-order valence-corrected chi connectivity index (χ2v) is 24.4. The van der Waals surface area contributed by atoms with Crippen LogP contribution in [-0.2, 0) is 30.6 Å². The van der Waals surface area contributed by atoms with Gasteiger partial charge in [-0.1, -0.05) is 24.3 Å². The number of ether oxygens (including phenoxy) is 1. The summed E-state index contributed by atoms with van der Waals surface area (Å²) in [6, 6.07) is 7.45. The molecule has 0 radical (unpaired) electrons. The fourth-order valence-corrected chi connectivity index (χ4v) is 12.0. The zero-order valence-electron chi connectivity index (χ0n) is 45.3. The summed E-state index contributed by atoms with van der Waals surface area (Å²) in [6.45, 7) is 13.7. The molecule has 3 fully saturated rings. The fourth-order valence-electron chi connectivity index (χ4n) is 10.7. The van der Waals surface area contributed by atoms with Gasteiger partial charge in [0.2, 0.25) is 23.7 Å². The Bertz CT molecular complexity index is 3180. The van der Waals surface area contributed by atoms with E-state index in [2.05, 4.69) is 57.0 Å². The number of rotatable bonds is 15. The molecule has 5 aromatic rings. The van der Waals surface area contributed by atoms with Crippen LogP contribution in [0.4, 0.5) is 22.4 Å². The van der Waals surface area contributed by atoms with Gasteiger partial charge in [-0.25, -0.2) is 33.1 Å². The molecule has 0 spiro atoms. The fraction of sp³-hybridized carbons (Fsp3) is 0.519. The Labute approximate surface area is 453 Å². The second kappa shape index (κ2) is 22.9. The summed E-state index contributed by atoms with van der Waals surface area (Å²) < 4.78 is 33.1. The number of amides is 5. The van der Waals surface area contributed by atoms with E-state index in [0.29, 0.717) is 86.9 Å². The van der Waals surface area contributed by atoms with Crippen LogP contribution in [0.3, 0.4) is 0 Å². The Morgan fingerprint density at radius 1 is 0.923 bits per heavy atom. The van der Waals surface area contributed by atoms with Crippen molar-refractivity contribution in [3.63, 3.8) is 0 Å². The normalized spacial score (nSPS) is 20.5. The number of piperazine rings is 1. The van der Waals surface area contributed by atoms with Crippen LogP contribution in [-0.4, -0.2) is 181 Å². The molecule has 416 valence electrons. The highest BCUT2D eigenvalue weighted by Gasteiger charge is 2.46. The molecule has 3 aromatic heterocycles. The zero-order valence-corrected chi connectivity index (χ0v) is 46.1. The Morgan fingerprint density at radius 2 is 1.67 bits per heavy atom. The summed E-state index contributed by atoms with van der Waals surface area (Å²) >= 11 is 0. The lowest BCUT2D eigenvalue weighted by Crippen LogP contribution is -2.62. The number of nitrogens with zero attached hydrogens (tertiary/aromatic N) is 10. The van der Waals surface area contributed by atoms with E-state index in [1.165, 1.54) is 43.2 Å². The minimum absolute atomic E-state index is 0.0526. The van der Waals surface area contributed by atoms with E-state index in [0.717, 1.165) is 41.0 Å². The van der Waals surface area contributed by atoms with Crippen molar-refractivity contribution in [2.24, 2.45) is 0 Å². The first-order valence-electron chi connectivity index (χ1n) is 26.7. The molecule has 0 saturated carbocycles. The summed E-state index contributed by atoms with van der Waals surface area (Å²) in [5.74, 6) is -0.285. The first-order chi connectivity index (χ1) is 37.2. The van der Waals surface area contributed by atoms with Crippen LogP contribution < -0.4 is 25.6 Å². The number of hydrogen-bond donors (Lipinski definition) is 5. The zero-order chi connectivity index (χ0) is 55.6. The number of carbonyl (C=O) groups is 5. The maximum Gasteiger partial charge on any atom is 0.407 e. The molecule has 1 aliphatic carbocycles. The van der Waals surface area contributed by atoms with Gasteiger partial charge in [-0.3, -0.25) is 34.1 Å². The maximum absolute atomic E-state index is 14.7. The van der Waals surface area contributed by atoms with Crippen molar-refractivity contribution in [1.29, 1.82) is 0 Å². The molecule has 78 heavy (non-hydrogen) atoms. The predicted molar refractivity (Wildman–Crippen MR) is 290 cm³/mol. The summed E-state index contributed by atoms with van der Waals surface area (Å²) in [7, 11) is -2.61. The summed E-state index contributed by atoms with van der Waals surface area (Å²) in [5, 5.41) is 26.6. The van der Waals surface area contributed by atoms with Gasteiger partial charge in [-0.2, -0.15) is 5.10 Å². The molecule has 23 nitrogen and oxygen atoms in total. The van der Waals surface area contributed by atoms with Gasteiger partial charge >= 0.3 is 6.09 Å². The number of likely N-dealkylation sites (N-methyl/N-ethyl adjacent to an activating group) is 1. The minimum Gasteiger partial charge on any atom is -0.492 e. The van der Waals surface area contributed by atoms with Crippen LogP contribution in [0.25, 0.3) is 10.9 Å². The quantitative estimate of drug-likeness (QED) is 0.0899. The van der Waals surface area contributed by atoms with Gasteiger partial charge in [0.1, 0.15) is 40.9 Å². The molecular formula is C54H70N14O9S. The summed E-state index contributed by atoms with van der Waals surface area (Å²) in [6.07, 6.45) is 7.56. The molecule has 0 bridgehead atoms. The third-order valence-corrected chi connectivity index (χ3v) is 18.3. The van der Waals surface area contributed by atoms with Crippen LogP contribution in [0.2, 0.25) is 0 Å². The van der Waals surface area contributed by atoms with E-state index in [1.807, 2.05) is 36.9 Å². The van der Waals surface area contributed by atoms with Gasteiger partial charge < -0.3 is 40.5 Å². The second-order valence-electron chi connectivity index (χ2n) is 21.7. The number of aryl methyl sites for hydroxylation is 2. The van der Waals surface area contributed by atoms with E-state index < -0.39 is 62.6 Å². The third kappa shape index (κ3) is 11.5. The molecule has 2 aromatic carbocycles. The Kier molecular flexibility index (Phi) is 16.2. The van der Waals surface area contributed by atoms with Crippen molar-refractivity contribution in [3.05, 3.63) is 83.1 Å². The number of hydrogen-bond acceptors (Lipinski definition) is 16. The number of anilines is 3. The number of aromatic amines is 1. The van der Waals surface area contributed by atoms with Crippen molar-refractivity contribution in [2.45, 2.75) is 126 Å². The smallest absolute Gasteiger partial charge is 0.407 e. The Hall–Kier alpha value is -7.47. The predicted octanol–water partition coefficient (Wildman–Crippen LogP) is 4.55. The molecule has 1 unspecified atom stereocenters. The summed E-state index contributed by atoms with van der Waals surface area (Å²) in [4.78, 5) is 94.8. The van der Waals surface area contributed by atoms with E-state index >= 15 is 0 Å². The highest BCUT2D eigenvalue weighted by atomic mass is 32.2. The molecule has 3 aliphatic heterocycles. The molecule has 4 aliphatic rings. The number of sulfone groups is 1. The standard InChI is InChI=1S/C54H70N14O9S/c1-32-33(2)62-63-46(32)61-47-39-26-45(78(75,76)54(4,5)6)44(27-41(39)57-31-58-47)77-25-11-19-65-21-23-66(24-22-65)52-55-28-36(29-56-52)50(71)67-20-18-37-16-17-43(49(70)59-40-15-10-13-35-12-8-9-14-38(35)40)68(37)51(72)42(30-67)60-48(69)34(3)64(7)53(73)74/h8-9,12,14,26-29,31,34,37,40,42-43H,10-11,13,15-25,30H2,1-7H3,(H,59,70)(H,60,69)(H,73,74)(H2,57,58,61,62,63)/t34?,37-,40-,42+,43+/m1/s1. The van der Waals surface area contributed by atoms with Crippen molar-refractivity contribution < 1.29 is 42.2 Å². The van der Waals surface area contributed by atoms with E-state index in [-0.39, 0.29) is 47.9 Å². The maximum atomic E-state index is 14.7. The number of aromatic nitrogens is 6. The highest BCUT2D eigenvalue weighted by Crippen LogP contribution is 2.38. The highest BCUT2D eigenvalue weighted by molar-refractivity contribution is 7.92. The molecular weight excluding hydrogens is 1020 g/mol. The largest absolute Gasteiger partial charge is 0.492 e. The number of carbonyl (C=O) groups excluding carboxylic acids is 4. The number of carboxylic acid groups (broad SMARTS) is 1. The van der Waals surface area contributed by atoms with Crippen LogP contribution in [0.15, 0.2) is 60.0 Å². The number of fused-ring (bicyclic) bond motifs is 3. The van der Waals surface area contributed by atoms with Gasteiger partial charge in [-0.05, 0) is 104 Å². The molecule has 3 saturated heterocycles. The topological polar surface area (TPSA) is 281 Å². The number of H-pyrrole nitrogens is 1. The first-order valence-corrected chi connectivity index (χ1v) is 28.2. The lowest BCUT2D eigenvalue weighted by Gasteiger charge is -2.39. The van der Waals surface area contributed by atoms with Crippen molar-refractivity contribution in [2.75, 3.05) is 69.7 Å². The Balaban J connectivity index is 0.818. The molecule has 24 heteroatoms.